The second kappa shape index (κ2) is 24.2. The van der Waals surface area contributed by atoms with Crippen LogP contribution < -0.4 is 49.9 Å². The summed E-state index contributed by atoms with van der Waals surface area (Å²) in [5.41, 5.74) is 28.4. The highest BCUT2D eigenvalue weighted by molar-refractivity contribution is 5.96. The highest BCUT2D eigenvalue weighted by Crippen LogP contribution is 2.21. The standard InChI is InChI=1S/C38H64N12O7/c1-5-23(4)31(35(56)46-25(21-51)19-22(2)3)49-33(54)29(20-24-12-14-26(52)15-13-24)48-34(55)30-11-8-18-50(30)36(57)28(10-7-17-45-38(42)43)47-32(53)27(39)9-6-16-44-37(40)41/h12-15,21-23,25,27-31,52H,5-11,16-20,39H2,1-4H3,(H,46,56)(H,47,53)(H,48,55)(H,49,54)(H4,40,41,44)(H4,42,43,45)/t23-,25-,27-,28-,29-,30-,31-/m0/s1. The molecule has 0 unspecified atom stereocenters. The second-order valence-electron chi connectivity index (χ2n) is 14.9. The summed E-state index contributed by atoms with van der Waals surface area (Å²) in [6.07, 6.45) is 3.48. The number of aromatic hydroxyl groups is 1. The molecule has 7 atom stereocenters. The first-order valence-corrected chi connectivity index (χ1v) is 19.6. The van der Waals surface area contributed by atoms with Gasteiger partial charge in [-0.15, -0.1) is 0 Å². The van der Waals surface area contributed by atoms with Gasteiger partial charge in [-0.2, -0.15) is 0 Å². The molecule has 318 valence electrons. The molecule has 19 heteroatoms. The minimum Gasteiger partial charge on any atom is -0.508 e. The number of phenolic OH excluding ortho intramolecular Hbond substituents is 1. The van der Waals surface area contributed by atoms with Crippen LogP contribution in [-0.2, 0) is 35.2 Å². The van der Waals surface area contributed by atoms with E-state index in [9.17, 15) is 33.9 Å². The van der Waals surface area contributed by atoms with E-state index in [2.05, 4.69) is 31.3 Å². The summed E-state index contributed by atoms with van der Waals surface area (Å²) in [5, 5.41) is 20.9. The molecule has 0 aromatic heterocycles. The SMILES string of the molecule is CC[C@H](C)[C@H](NC(=O)[C@H](Cc1ccc(O)cc1)NC(=O)[C@@H]1CCCN1C(=O)[C@H](CCCN=C(N)N)NC(=O)[C@@H](N)CCCN=C(N)N)C(=O)N[C@H](C=O)CC(C)C. The van der Waals surface area contributed by atoms with E-state index in [1.807, 2.05) is 20.8 Å². The van der Waals surface area contributed by atoms with Crippen LogP contribution in [0.2, 0.25) is 0 Å². The number of rotatable bonds is 24. The van der Waals surface area contributed by atoms with E-state index in [4.69, 9.17) is 28.7 Å². The summed E-state index contributed by atoms with van der Waals surface area (Å²) >= 11 is 0. The molecule has 1 aliphatic heterocycles. The molecule has 1 saturated heterocycles. The number of hydrogen-bond donors (Lipinski definition) is 10. The third-order valence-corrected chi connectivity index (χ3v) is 9.72. The number of carbonyl (C=O) groups is 6. The van der Waals surface area contributed by atoms with Gasteiger partial charge < -0.3 is 64.7 Å². The number of amides is 5. The third kappa shape index (κ3) is 16.7. The molecule has 0 spiro atoms. The lowest BCUT2D eigenvalue weighted by molar-refractivity contribution is -0.142. The van der Waals surface area contributed by atoms with Gasteiger partial charge in [0.25, 0.3) is 0 Å². The van der Waals surface area contributed by atoms with E-state index < -0.39 is 65.8 Å². The molecule has 15 N–H and O–H groups in total. The van der Waals surface area contributed by atoms with Crippen molar-refractivity contribution >= 4 is 47.7 Å². The molecule has 1 heterocycles. The number of carbonyl (C=O) groups excluding carboxylic acids is 6. The quantitative estimate of drug-likeness (QED) is 0.0250. The van der Waals surface area contributed by atoms with Crippen LogP contribution in [0.25, 0.3) is 0 Å². The molecule has 57 heavy (non-hydrogen) atoms. The number of benzene rings is 1. The van der Waals surface area contributed by atoms with Crippen LogP contribution in [0.15, 0.2) is 34.3 Å². The summed E-state index contributed by atoms with van der Waals surface area (Å²) in [7, 11) is 0. The Labute approximate surface area is 334 Å². The van der Waals surface area contributed by atoms with Crippen LogP contribution in [0.5, 0.6) is 5.75 Å². The Morgan fingerprint density at radius 1 is 0.860 bits per heavy atom. The number of nitrogens with one attached hydrogen (secondary N) is 4. The molecular formula is C38H64N12O7. The molecule has 2 rings (SSSR count). The molecule has 0 bridgehead atoms. The fraction of sp³-hybridized carbons (Fsp3) is 0.632. The molecule has 0 radical (unpaired) electrons. The van der Waals surface area contributed by atoms with Crippen LogP contribution in [0.1, 0.15) is 84.6 Å². The maximum Gasteiger partial charge on any atom is 0.245 e. The average Bonchev–Trinajstić information content (AvgIpc) is 3.66. The Kier molecular flexibility index (Phi) is 20.3. The zero-order valence-corrected chi connectivity index (χ0v) is 33.6. The summed E-state index contributed by atoms with van der Waals surface area (Å²) in [5.74, 6) is -3.28. The molecule has 1 fully saturated rings. The highest BCUT2D eigenvalue weighted by Gasteiger charge is 2.40. The number of aliphatic imine (C=N–C) groups is 2. The summed E-state index contributed by atoms with van der Waals surface area (Å²) in [4.78, 5) is 89.9. The molecule has 0 saturated carbocycles. The molecular weight excluding hydrogens is 736 g/mol. The van der Waals surface area contributed by atoms with Crippen LogP contribution in [0.4, 0.5) is 0 Å². The number of aldehydes is 1. The van der Waals surface area contributed by atoms with Gasteiger partial charge in [0.1, 0.15) is 36.2 Å². The number of hydrogen-bond acceptors (Lipinski definition) is 10. The smallest absolute Gasteiger partial charge is 0.245 e. The van der Waals surface area contributed by atoms with E-state index in [1.165, 1.54) is 17.0 Å². The normalized spacial score (nSPS) is 16.9. The predicted molar refractivity (Wildman–Crippen MR) is 217 cm³/mol. The fourth-order valence-electron chi connectivity index (χ4n) is 6.42. The van der Waals surface area contributed by atoms with Crippen molar-refractivity contribution in [1.29, 1.82) is 0 Å². The van der Waals surface area contributed by atoms with Gasteiger partial charge in [-0.1, -0.05) is 46.2 Å². The van der Waals surface area contributed by atoms with Crippen molar-refractivity contribution in [2.24, 2.45) is 50.5 Å². The number of phenols is 1. The van der Waals surface area contributed by atoms with Gasteiger partial charge >= 0.3 is 0 Å². The van der Waals surface area contributed by atoms with Gasteiger partial charge in [0.05, 0.1) is 12.1 Å². The van der Waals surface area contributed by atoms with Crippen LogP contribution in [0.3, 0.4) is 0 Å². The van der Waals surface area contributed by atoms with Crippen molar-refractivity contribution in [3.05, 3.63) is 29.8 Å². The summed E-state index contributed by atoms with van der Waals surface area (Å²) in [6.45, 7) is 8.18. The van der Waals surface area contributed by atoms with Crippen molar-refractivity contribution in [3.8, 4) is 5.75 Å². The van der Waals surface area contributed by atoms with Crippen molar-refractivity contribution in [2.75, 3.05) is 19.6 Å². The van der Waals surface area contributed by atoms with Gasteiger partial charge in [0.15, 0.2) is 11.9 Å². The van der Waals surface area contributed by atoms with Crippen molar-refractivity contribution in [2.45, 2.75) is 122 Å². The minimum absolute atomic E-state index is 0.00961. The molecule has 0 aliphatic carbocycles. The van der Waals surface area contributed by atoms with Crippen molar-refractivity contribution in [1.82, 2.24) is 26.2 Å². The van der Waals surface area contributed by atoms with E-state index in [0.29, 0.717) is 44.0 Å². The Morgan fingerprint density at radius 3 is 2.04 bits per heavy atom. The van der Waals surface area contributed by atoms with Crippen molar-refractivity contribution in [3.63, 3.8) is 0 Å². The Hall–Kier alpha value is -5.46. The number of nitrogens with two attached hydrogens (primary N) is 5. The maximum absolute atomic E-state index is 14.1. The largest absolute Gasteiger partial charge is 0.508 e. The predicted octanol–water partition coefficient (Wildman–Crippen LogP) is -1.41. The van der Waals surface area contributed by atoms with Gasteiger partial charge in [0, 0.05) is 26.1 Å². The fourth-order valence-corrected chi connectivity index (χ4v) is 6.42. The lowest BCUT2D eigenvalue weighted by Gasteiger charge is -2.31. The Morgan fingerprint density at radius 2 is 1.47 bits per heavy atom. The van der Waals surface area contributed by atoms with E-state index in [-0.39, 0.29) is 74.8 Å². The second-order valence-corrected chi connectivity index (χ2v) is 14.9. The molecule has 19 nitrogen and oxygen atoms in total. The number of guanidine groups is 2. The highest BCUT2D eigenvalue weighted by atomic mass is 16.3. The molecule has 5 amide bonds. The minimum atomic E-state index is -1.21. The molecule has 1 aromatic carbocycles. The van der Waals surface area contributed by atoms with Crippen LogP contribution in [-0.4, -0.2) is 114 Å². The Bertz CT molecular complexity index is 1550. The zero-order valence-electron chi connectivity index (χ0n) is 33.6. The van der Waals surface area contributed by atoms with Gasteiger partial charge in [-0.25, -0.2) is 0 Å². The molecule has 1 aliphatic rings. The topological polar surface area (TPSA) is 329 Å². The third-order valence-electron chi connectivity index (χ3n) is 9.72. The van der Waals surface area contributed by atoms with Crippen LogP contribution in [0, 0.1) is 11.8 Å². The zero-order chi connectivity index (χ0) is 42.7. The average molecular weight is 801 g/mol. The summed E-state index contributed by atoms with van der Waals surface area (Å²) < 4.78 is 0. The first-order chi connectivity index (χ1) is 27.0. The number of likely N-dealkylation sites (tertiary alicyclic amines) is 1. The van der Waals surface area contributed by atoms with Gasteiger partial charge in [0.2, 0.25) is 29.5 Å². The van der Waals surface area contributed by atoms with E-state index >= 15 is 0 Å². The van der Waals surface area contributed by atoms with Crippen molar-refractivity contribution < 1.29 is 33.9 Å². The van der Waals surface area contributed by atoms with E-state index in [0.717, 1.165) is 0 Å². The monoisotopic (exact) mass is 801 g/mol. The van der Waals surface area contributed by atoms with Gasteiger partial charge in [-0.3, -0.25) is 34.0 Å². The lowest BCUT2D eigenvalue weighted by Crippen LogP contribution is -2.60. The van der Waals surface area contributed by atoms with E-state index in [1.54, 1.807) is 19.1 Å². The number of nitrogens with zero attached hydrogens (tertiary/aromatic N) is 3. The van der Waals surface area contributed by atoms with Gasteiger partial charge in [-0.05, 0) is 74.5 Å². The first-order valence-electron chi connectivity index (χ1n) is 19.6. The molecule has 1 aromatic rings. The van der Waals surface area contributed by atoms with Crippen LogP contribution >= 0.6 is 0 Å². The maximum atomic E-state index is 14.1. The first kappa shape index (κ1) is 47.7. The Balaban J connectivity index is 2.34. The lowest BCUT2D eigenvalue weighted by atomic mass is 9.96. The summed E-state index contributed by atoms with van der Waals surface area (Å²) in [6, 6.07) is 0.107.